The number of ether oxygens (including phenoxy) is 4. The number of nitro groups is 1. The zero-order valence-corrected chi connectivity index (χ0v) is 15.6. The highest BCUT2D eigenvalue weighted by Crippen LogP contribution is 2.38. The second-order valence-corrected chi connectivity index (χ2v) is 5.60. The molecule has 0 saturated carbocycles. The lowest BCUT2D eigenvalue weighted by Gasteiger charge is -2.14. The van der Waals surface area contributed by atoms with Crippen molar-refractivity contribution in [3.05, 3.63) is 57.6 Å². The molecule has 2 aromatic rings. The number of benzene rings is 2. The van der Waals surface area contributed by atoms with Crippen LogP contribution in [0.25, 0.3) is 0 Å². The first kappa shape index (κ1) is 20.7. The lowest BCUT2D eigenvalue weighted by molar-refractivity contribution is -0.384. The number of carbonyl (C=O) groups excluding carboxylic acids is 2. The summed E-state index contributed by atoms with van der Waals surface area (Å²) in [7, 11) is 4.39. The van der Waals surface area contributed by atoms with E-state index in [1.807, 2.05) is 0 Å². The number of nitrogens with zero attached hydrogens (tertiary/aromatic N) is 1. The van der Waals surface area contributed by atoms with Gasteiger partial charge in [-0.25, -0.2) is 0 Å². The summed E-state index contributed by atoms with van der Waals surface area (Å²) in [6.07, 6.45) is -0.107. The number of Topliss-reactive ketones (excluding diaryl/α,β-unsaturated/α-hetero) is 1. The van der Waals surface area contributed by atoms with Crippen molar-refractivity contribution in [1.29, 1.82) is 0 Å². The molecule has 0 heterocycles. The average molecular weight is 389 g/mol. The van der Waals surface area contributed by atoms with Crippen LogP contribution in [0.1, 0.15) is 15.9 Å². The highest BCUT2D eigenvalue weighted by atomic mass is 16.6. The van der Waals surface area contributed by atoms with E-state index < -0.39 is 23.3 Å². The molecule has 0 aromatic heterocycles. The minimum Gasteiger partial charge on any atom is -0.493 e. The molecule has 9 nitrogen and oxygen atoms in total. The first-order valence-corrected chi connectivity index (χ1v) is 8.11. The van der Waals surface area contributed by atoms with E-state index in [0.717, 1.165) is 0 Å². The lowest BCUT2D eigenvalue weighted by Crippen LogP contribution is -2.15. The molecule has 0 atom stereocenters. The van der Waals surface area contributed by atoms with Gasteiger partial charge in [0, 0.05) is 17.7 Å². The van der Waals surface area contributed by atoms with Crippen molar-refractivity contribution in [2.24, 2.45) is 0 Å². The fourth-order valence-corrected chi connectivity index (χ4v) is 2.45. The Morgan fingerprint density at radius 3 is 2.00 bits per heavy atom. The Balaban J connectivity index is 2.00. The summed E-state index contributed by atoms with van der Waals surface area (Å²) in [4.78, 5) is 34.2. The molecule has 9 heteroatoms. The predicted octanol–water partition coefficient (Wildman–Crippen LogP) is 2.59. The maximum Gasteiger partial charge on any atom is 0.310 e. The average Bonchev–Trinajstić information content (AvgIpc) is 2.71. The van der Waals surface area contributed by atoms with Crippen LogP contribution in [0.5, 0.6) is 17.2 Å². The molecule has 0 spiro atoms. The molecule has 0 radical (unpaired) electrons. The molecule has 0 saturated heterocycles. The Labute approximate surface area is 160 Å². The van der Waals surface area contributed by atoms with Crippen molar-refractivity contribution in [2.75, 3.05) is 27.9 Å². The number of non-ortho nitro benzene ring substituents is 1. The van der Waals surface area contributed by atoms with Crippen molar-refractivity contribution < 1.29 is 33.5 Å². The number of hydrogen-bond donors (Lipinski definition) is 0. The van der Waals surface area contributed by atoms with Crippen molar-refractivity contribution in [3.63, 3.8) is 0 Å². The van der Waals surface area contributed by atoms with E-state index in [-0.39, 0.29) is 17.7 Å². The minimum absolute atomic E-state index is 0.107. The number of carbonyl (C=O) groups is 2. The standard InChI is InChI=1S/C19H19NO8/c1-25-16-8-12(9-17(26-2)19(16)27-3)10-18(22)28-11-15(21)13-4-6-14(7-5-13)20(23)24/h4-9H,10-11H2,1-3H3. The SMILES string of the molecule is COc1cc(CC(=O)OCC(=O)c2ccc([N+](=O)[O-])cc2)cc(OC)c1OC. The zero-order chi connectivity index (χ0) is 20.7. The van der Waals surface area contributed by atoms with Crippen molar-refractivity contribution in [3.8, 4) is 17.2 Å². The molecular weight excluding hydrogens is 370 g/mol. The fourth-order valence-electron chi connectivity index (χ4n) is 2.45. The Kier molecular flexibility index (Phi) is 6.91. The molecule has 0 aliphatic heterocycles. The molecule has 0 N–H and O–H groups in total. The van der Waals surface area contributed by atoms with Crippen LogP contribution in [0.3, 0.4) is 0 Å². The second kappa shape index (κ2) is 9.36. The highest BCUT2D eigenvalue weighted by molar-refractivity contribution is 5.98. The van der Waals surface area contributed by atoms with E-state index in [4.69, 9.17) is 18.9 Å². The summed E-state index contributed by atoms with van der Waals surface area (Å²) in [6, 6.07) is 8.28. The smallest absolute Gasteiger partial charge is 0.310 e. The molecule has 0 aliphatic carbocycles. The number of methoxy groups -OCH3 is 3. The number of rotatable bonds is 9. The van der Waals surface area contributed by atoms with Gasteiger partial charge in [0.2, 0.25) is 5.75 Å². The monoisotopic (exact) mass is 389 g/mol. The number of hydrogen-bond acceptors (Lipinski definition) is 8. The van der Waals surface area contributed by atoms with Crippen LogP contribution < -0.4 is 14.2 Å². The van der Waals surface area contributed by atoms with E-state index in [0.29, 0.717) is 22.8 Å². The molecule has 0 bridgehead atoms. The topological polar surface area (TPSA) is 114 Å². The molecule has 0 unspecified atom stereocenters. The summed E-state index contributed by atoms with van der Waals surface area (Å²) < 4.78 is 20.7. The van der Waals surface area contributed by atoms with Gasteiger partial charge in [0.15, 0.2) is 23.9 Å². The van der Waals surface area contributed by atoms with Gasteiger partial charge in [-0.05, 0) is 29.8 Å². The van der Waals surface area contributed by atoms with E-state index in [1.54, 1.807) is 12.1 Å². The van der Waals surface area contributed by atoms with Gasteiger partial charge < -0.3 is 18.9 Å². The Hall–Kier alpha value is -3.62. The maximum atomic E-state index is 12.1. The van der Waals surface area contributed by atoms with Gasteiger partial charge >= 0.3 is 5.97 Å². The largest absolute Gasteiger partial charge is 0.493 e. The van der Waals surface area contributed by atoms with Gasteiger partial charge in [-0.15, -0.1) is 0 Å². The van der Waals surface area contributed by atoms with Gasteiger partial charge in [-0.3, -0.25) is 19.7 Å². The normalized spacial score (nSPS) is 10.1. The molecule has 148 valence electrons. The molecule has 28 heavy (non-hydrogen) atoms. The first-order chi connectivity index (χ1) is 13.4. The van der Waals surface area contributed by atoms with E-state index >= 15 is 0 Å². The van der Waals surface area contributed by atoms with E-state index in [2.05, 4.69) is 0 Å². The minimum atomic E-state index is -0.621. The highest BCUT2D eigenvalue weighted by Gasteiger charge is 2.17. The third-order valence-corrected chi connectivity index (χ3v) is 3.84. The Morgan fingerprint density at radius 1 is 0.964 bits per heavy atom. The molecule has 0 amide bonds. The summed E-state index contributed by atoms with van der Waals surface area (Å²) >= 11 is 0. The zero-order valence-electron chi connectivity index (χ0n) is 15.6. The third kappa shape index (κ3) is 4.97. The molecule has 2 aromatic carbocycles. The van der Waals surface area contributed by atoms with Crippen LogP contribution in [-0.4, -0.2) is 44.6 Å². The Morgan fingerprint density at radius 2 is 1.54 bits per heavy atom. The summed E-state index contributed by atoms with van der Waals surface area (Å²) in [6.45, 7) is -0.471. The van der Waals surface area contributed by atoms with Crippen LogP contribution in [0, 0.1) is 10.1 Å². The fraction of sp³-hybridized carbons (Fsp3) is 0.263. The van der Waals surface area contributed by atoms with Gasteiger partial charge in [0.1, 0.15) is 0 Å². The van der Waals surface area contributed by atoms with E-state index in [1.165, 1.54) is 45.6 Å². The van der Waals surface area contributed by atoms with Crippen molar-refractivity contribution in [2.45, 2.75) is 6.42 Å². The number of ketones is 1. The number of nitro benzene ring substituents is 1. The predicted molar refractivity (Wildman–Crippen MR) is 98.2 cm³/mol. The van der Waals surface area contributed by atoms with Crippen LogP contribution in [0.15, 0.2) is 36.4 Å². The van der Waals surface area contributed by atoms with Crippen LogP contribution in [0.4, 0.5) is 5.69 Å². The maximum absolute atomic E-state index is 12.1. The van der Waals surface area contributed by atoms with Crippen molar-refractivity contribution >= 4 is 17.4 Å². The first-order valence-electron chi connectivity index (χ1n) is 8.11. The Bertz CT molecular complexity index is 851. The van der Waals surface area contributed by atoms with Crippen LogP contribution >= 0.6 is 0 Å². The van der Waals surface area contributed by atoms with E-state index in [9.17, 15) is 19.7 Å². The van der Waals surface area contributed by atoms with Gasteiger partial charge in [-0.2, -0.15) is 0 Å². The molecule has 0 fully saturated rings. The van der Waals surface area contributed by atoms with Gasteiger partial charge in [0.25, 0.3) is 5.69 Å². The molecule has 0 aliphatic rings. The quantitative estimate of drug-likeness (QED) is 0.278. The third-order valence-electron chi connectivity index (χ3n) is 3.84. The van der Waals surface area contributed by atoms with Gasteiger partial charge in [-0.1, -0.05) is 0 Å². The van der Waals surface area contributed by atoms with Gasteiger partial charge in [0.05, 0.1) is 32.7 Å². The van der Waals surface area contributed by atoms with Crippen LogP contribution in [0.2, 0.25) is 0 Å². The van der Waals surface area contributed by atoms with Crippen LogP contribution in [-0.2, 0) is 16.0 Å². The number of esters is 1. The summed E-state index contributed by atoms with van der Waals surface area (Å²) in [5, 5.41) is 10.6. The van der Waals surface area contributed by atoms with Crippen molar-refractivity contribution in [1.82, 2.24) is 0 Å². The lowest BCUT2D eigenvalue weighted by atomic mass is 10.1. The molecule has 2 rings (SSSR count). The summed E-state index contributed by atoms with van der Waals surface area (Å²) in [5.41, 5.74) is 0.643. The second-order valence-electron chi connectivity index (χ2n) is 5.60. The molecular formula is C19H19NO8. The summed E-state index contributed by atoms with van der Waals surface area (Å²) in [5.74, 6) is 0.103.